The summed E-state index contributed by atoms with van der Waals surface area (Å²) in [6.45, 7) is 2.63. The van der Waals surface area contributed by atoms with Crippen molar-refractivity contribution in [1.29, 1.82) is 0 Å². The second-order valence-corrected chi connectivity index (χ2v) is 5.78. The second-order valence-electron chi connectivity index (χ2n) is 5.78. The third kappa shape index (κ3) is 4.90. The minimum Gasteiger partial charge on any atom is -0.480 e. The molecule has 1 saturated heterocycles. The molecule has 1 fully saturated rings. The van der Waals surface area contributed by atoms with Crippen LogP contribution in [-0.2, 0) is 19.2 Å². The predicted molar refractivity (Wildman–Crippen MR) is 82.6 cm³/mol. The molecule has 0 spiro atoms. The molecule has 1 aliphatic heterocycles. The van der Waals surface area contributed by atoms with E-state index in [1.165, 1.54) is 18.7 Å². The van der Waals surface area contributed by atoms with Crippen molar-refractivity contribution >= 4 is 23.7 Å². The lowest BCUT2D eigenvalue weighted by Gasteiger charge is -2.26. The van der Waals surface area contributed by atoms with Crippen molar-refractivity contribution in [2.24, 2.45) is 5.73 Å². The van der Waals surface area contributed by atoms with Crippen LogP contribution < -0.4 is 16.4 Å². The average Bonchev–Trinajstić information content (AvgIpc) is 3.02. The lowest BCUT2D eigenvalue weighted by atomic mass is 10.2. The van der Waals surface area contributed by atoms with Crippen molar-refractivity contribution in [3.05, 3.63) is 0 Å². The number of aliphatic hydroxyl groups is 1. The number of carboxylic acids is 1. The van der Waals surface area contributed by atoms with E-state index < -0.39 is 54.5 Å². The van der Waals surface area contributed by atoms with Gasteiger partial charge in [0.1, 0.15) is 24.2 Å². The number of aliphatic hydroxyl groups excluding tert-OH is 1. The van der Waals surface area contributed by atoms with Crippen LogP contribution in [0, 0.1) is 0 Å². The molecule has 0 aromatic rings. The Morgan fingerprint density at radius 2 is 1.75 bits per heavy atom. The summed E-state index contributed by atoms with van der Waals surface area (Å²) in [7, 11) is 0. The maximum absolute atomic E-state index is 12.3. The van der Waals surface area contributed by atoms with Gasteiger partial charge in [0.05, 0.1) is 6.61 Å². The SMILES string of the molecule is CC(NC(=O)C(N)CO)C(=O)NC(C)C(=O)N1CCCC1C(=O)O. The van der Waals surface area contributed by atoms with E-state index in [1.807, 2.05) is 0 Å². The molecule has 0 radical (unpaired) electrons. The van der Waals surface area contributed by atoms with Gasteiger partial charge in [-0.1, -0.05) is 0 Å². The van der Waals surface area contributed by atoms with Crippen LogP contribution in [0.5, 0.6) is 0 Å². The molecule has 6 N–H and O–H groups in total. The summed E-state index contributed by atoms with van der Waals surface area (Å²) in [5, 5.41) is 22.6. The molecular formula is C14H24N4O6. The number of carbonyl (C=O) groups is 4. The van der Waals surface area contributed by atoms with Gasteiger partial charge in [-0.25, -0.2) is 4.79 Å². The van der Waals surface area contributed by atoms with Gasteiger partial charge in [-0.2, -0.15) is 0 Å². The lowest BCUT2D eigenvalue weighted by molar-refractivity contribution is -0.149. The topological polar surface area (TPSA) is 162 Å². The minimum absolute atomic E-state index is 0.327. The Bertz CT molecular complexity index is 511. The van der Waals surface area contributed by atoms with Crippen LogP contribution in [0.3, 0.4) is 0 Å². The number of amides is 3. The Morgan fingerprint density at radius 3 is 2.29 bits per heavy atom. The molecule has 10 nitrogen and oxygen atoms in total. The molecule has 0 aliphatic carbocycles. The Balaban J connectivity index is 2.58. The highest BCUT2D eigenvalue weighted by Gasteiger charge is 2.36. The highest BCUT2D eigenvalue weighted by Crippen LogP contribution is 2.18. The van der Waals surface area contributed by atoms with Gasteiger partial charge in [-0.3, -0.25) is 14.4 Å². The van der Waals surface area contributed by atoms with Gasteiger partial charge in [0.2, 0.25) is 17.7 Å². The molecule has 24 heavy (non-hydrogen) atoms. The summed E-state index contributed by atoms with van der Waals surface area (Å²) in [5.74, 6) is -2.86. The maximum atomic E-state index is 12.3. The van der Waals surface area contributed by atoms with Gasteiger partial charge in [-0.15, -0.1) is 0 Å². The lowest BCUT2D eigenvalue weighted by Crippen LogP contribution is -2.55. The maximum Gasteiger partial charge on any atom is 0.326 e. The standard InChI is InChI=1S/C14H24N4O6/c1-7(16-12(21)9(15)6-19)11(20)17-8(2)13(22)18-5-3-4-10(18)14(23)24/h7-10,19H,3-6,15H2,1-2H3,(H,16,21)(H,17,20)(H,23,24). The van der Waals surface area contributed by atoms with Crippen LogP contribution in [0.2, 0.25) is 0 Å². The number of nitrogens with zero attached hydrogens (tertiary/aromatic N) is 1. The number of hydrogen-bond donors (Lipinski definition) is 5. The predicted octanol–water partition coefficient (Wildman–Crippen LogP) is -2.61. The first-order valence-corrected chi connectivity index (χ1v) is 7.69. The van der Waals surface area contributed by atoms with E-state index in [9.17, 15) is 19.2 Å². The van der Waals surface area contributed by atoms with E-state index in [4.69, 9.17) is 15.9 Å². The Morgan fingerprint density at radius 1 is 1.17 bits per heavy atom. The second kappa shape index (κ2) is 8.60. The zero-order valence-electron chi connectivity index (χ0n) is 13.7. The van der Waals surface area contributed by atoms with E-state index in [0.717, 1.165) is 0 Å². The van der Waals surface area contributed by atoms with Crippen molar-refractivity contribution < 1.29 is 29.4 Å². The molecule has 0 aromatic carbocycles. The summed E-state index contributed by atoms with van der Waals surface area (Å²) < 4.78 is 0. The summed E-state index contributed by atoms with van der Waals surface area (Å²) in [6, 6.07) is -3.90. The highest BCUT2D eigenvalue weighted by molar-refractivity contribution is 5.93. The molecule has 1 heterocycles. The molecule has 3 amide bonds. The van der Waals surface area contributed by atoms with Crippen LogP contribution in [-0.4, -0.2) is 76.1 Å². The zero-order valence-corrected chi connectivity index (χ0v) is 13.7. The van der Waals surface area contributed by atoms with E-state index in [1.54, 1.807) is 0 Å². The van der Waals surface area contributed by atoms with E-state index in [0.29, 0.717) is 19.4 Å². The van der Waals surface area contributed by atoms with Gasteiger partial charge in [0, 0.05) is 6.54 Å². The van der Waals surface area contributed by atoms with Crippen LogP contribution in [0.4, 0.5) is 0 Å². The Hall–Kier alpha value is -2.20. The number of rotatable bonds is 7. The number of nitrogens with two attached hydrogens (primary N) is 1. The van der Waals surface area contributed by atoms with Crippen LogP contribution in [0.15, 0.2) is 0 Å². The highest BCUT2D eigenvalue weighted by atomic mass is 16.4. The van der Waals surface area contributed by atoms with Crippen LogP contribution in [0.25, 0.3) is 0 Å². The van der Waals surface area contributed by atoms with Crippen molar-refractivity contribution in [2.45, 2.75) is 50.9 Å². The van der Waals surface area contributed by atoms with Gasteiger partial charge >= 0.3 is 5.97 Å². The smallest absolute Gasteiger partial charge is 0.326 e. The fourth-order valence-corrected chi connectivity index (χ4v) is 2.40. The van der Waals surface area contributed by atoms with Gasteiger partial charge in [-0.05, 0) is 26.7 Å². The quantitative estimate of drug-likeness (QED) is 0.338. The van der Waals surface area contributed by atoms with Gasteiger partial charge in [0.15, 0.2) is 0 Å². The molecule has 0 aromatic heterocycles. The molecule has 4 unspecified atom stereocenters. The molecule has 136 valence electrons. The van der Waals surface area contributed by atoms with Crippen LogP contribution in [0.1, 0.15) is 26.7 Å². The molecule has 4 atom stereocenters. The fourth-order valence-electron chi connectivity index (χ4n) is 2.40. The molecular weight excluding hydrogens is 320 g/mol. The van der Waals surface area contributed by atoms with Crippen molar-refractivity contribution in [2.75, 3.05) is 13.2 Å². The number of nitrogens with one attached hydrogen (secondary N) is 2. The first-order valence-electron chi connectivity index (χ1n) is 7.69. The van der Waals surface area contributed by atoms with Gasteiger partial charge < -0.3 is 31.5 Å². The molecule has 0 saturated carbocycles. The molecule has 10 heteroatoms. The number of hydrogen-bond acceptors (Lipinski definition) is 6. The van der Waals surface area contributed by atoms with Crippen molar-refractivity contribution in [3.63, 3.8) is 0 Å². The number of likely N-dealkylation sites (tertiary alicyclic amines) is 1. The number of carbonyl (C=O) groups excluding carboxylic acids is 3. The normalized spacial score (nSPS) is 20.8. The molecule has 1 aliphatic rings. The first kappa shape index (κ1) is 19.8. The minimum atomic E-state index is -1.14. The summed E-state index contributed by atoms with van der Waals surface area (Å²) in [5.41, 5.74) is 5.33. The van der Waals surface area contributed by atoms with Crippen LogP contribution >= 0.6 is 0 Å². The van der Waals surface area contributed by atoms with E-state index in [-0.39, 0.29) is 0 Å². The first-order chi connectivity index (χ1) is 11.2. The van der Waals surface area contributed by atoms with Crippen molar-refractivity contribution in [1.82, 2.24) is 15.5 Å². The molecule has 1 rings (SSSR count). The van der Waals surface area contributed by atoms with E-state index >= 15 is 0 Å². The molecule has 0 bridgehead atoms. The zero-order chi connectivity index (χ0) is 18.4. The largest absolute Gasteiger partial charge is 0.480 e. The Kier molecular flexibility index (Phi) is 7.11. The fraction of sp³-hybridized carbons (Fsp3) is 0.714. The van der Waals surface area contributed by atoms with E-state index in [2.05, 4.69) is 10.6 Å². The summed E-state index contributed by atoms with van der Waals surface area (Å²) in [6.07, 6.45) is 0.974. The van der Waals surface area contributed by atoms with Crippen molar-refractivity contribution in [3.8, 4) is 0 Å². The van der Waals surface area contributed by atoms with Gasteiger partial charge in [0.25, 0.3) is 0 Å². The third-order valence-electron chi connectivity index (χ3n) is 3.84. The average molecular weight is 344 g/mol. The number of aliphatic carboxylic acids is 1. The third-order valence-corrected chi connectivity index (χ3v) is 3.84. The summed E-state index contributed by atoms with van der Waals surface area (Å²) in [4.78, 5) is 48.2. The Labute approximate surface area is 139 Å². The number of carboxylic acid groups (broad SMARTS) is 1. The summed E-state index contributed by atoms with van der Waals surface area (Å²) >= 11 is 0. The monoisotopic (exact) mass is 344 g/mol.